The summed E-state index contributed by atoms with van der Waals surface area (Å²) in [6.45, 7) is 2.07. The summed E-state index contributed by atoms with van der Waals surface area (Å²) in [7, 11) is 0. The van der Waals surface area contributed by atoms with Crippen molar-refractivity contribution in [2.75, 3.05) is 12.3 Å². The maximum absolute atomic E-state index is 4.28. The molecule has 0 aliphatic rings. The third-order valence-corrected chi connectivity index (χ3v) is 3.82. The molecule has 3 rings (SSSR count). The standard InChI is InChI=1S/C17H17NS.BrH/c19-10-9-18-12-17-15-7-3-1-5-13(15)11-14-6-2-4-8-16(14)17;/h1-8,11,18-19H,9-10,12H2;1H. The van der Waals surface area contributed by atoms with Crippen LogP contribution in [0.4, 0.5) is 0 Å². The molecule has 3 aromatic carbocycles. The topological polar surface area (TPSA) is 16.6 Å². The first-order valence-electron chi connectivity index (χ1n) is 6.72. The van der Waals surface area contributed by atoms with Crippen LogP contribution in [0.15, 0.2) is 54.6 Å². The molecule has 3 aromatic rings. The normalized spacial score (nSPS) is 10.7. The van der Waals surface area contributed by atoms with E-state index in [1.165, 1.54) is 27.1 Å². The SMILES string of the molecule is SCC[NH2+]Cc1c2ccccc2cc2ccccc12.[Br-]. The third-order valence-electron chi connectivity index (χ3n) is 3.56. The number of fused-ring (bicyclic) bond motifs is 2. The molecule has 0 aromatic heterocycles. The summed E-state index contributed by atoms with van der Waals surface area (Å²) in [6, 6.07) is 19.6. The number of hydrogen-bond donors (Lipinski definition) is 2. The number of hydrogen-bond acceptors (Lipinski definition) is 1. The summed E-state index contributed by atoms with van der Waals surface area (Å²) in [4.78, 5) is 0. The Morgan fingerprint density at radius 2 is 1.40 bits per heavy atom. The van der Waals surface area contributed by atoms with Crippen LogP contribution in [0.2, 0.25) is 0 Å². The highest BCUT2D eigenvalue weighted by molar-refractivity contribution is 7.80. The lowest BCUT2D eigenvalue weighted by Gasteiger charge is -2.10. The Balaban J connectivity index is 0.00000147. The van der Waals surface area contributed by atoms with Crippen LogP contribution < -0.4 is 22.3 Å². The van der Waals surface area contributed by atoms with Crippen LogP contribution in [-0.2, 0) is 6.54 Å². The second kappa shape index (κ2) is 7.11. The molecule has 0 saturated heterocycles. The summed E-state index contributed by atoms with van der Waals surface area (Å²) < 4.78 is 0. The van der Waals surface area contributed by atoms with Gasteiger partial charge in [-0.2, -0.15) is 12.6 Å². The van der Waals surface area contributed by atoms with Crippen LogP contribution in [0.3, 0.4) is 0 Å². The van der Waals surface area contributed by atoms with Crippen LogP contribution >= 0.6 is 12.6 Å². The second-order valence-corrected chi connectivity index (χ2v) is 5.25. The molecule has 0 aliphatic carbocycles. The molecule has 0 amide bonds. The first-order chi connectivity index (χ1) is 9.40. The van der Waals surface area contributed by atoms with Gasteiger partial charge >= 0.3 is 0 Å². The lowest BCUT2D eigenvalue weighted by molar-refractivity contribution is -0.666. The maximum atomic E-state index is 4.28. The lowest BCUT2D eigenvalue weighted by atomic mass is 9.97. The number of quaternary nitrogens is 1. The van der Waals surface area contributed by atoms with Crippen molar-refractivity contribution in [3.05, 3.63) is 60.2 Å². The minimum Gasteiger partial charge on any atom is -1.00 e. The number of nitrogens with two attached hydrogens (primary N) is 1. The first-order valence-corrected chi connectivity index (χ1v) is 7.35. The van der Waals surface area contributed by atoms with Gasteiger partial charge in [0.1, 0.15) is 6.54 Å². The zero-order valence-corrected chi connectivity index (χ0v) is 13.7. The summed E-state index contributed by atoms with van der Waals surface area (Å²) in [5.41, 5.74) is 1.44. The third kappa shape index (κ3) is 3.00. The number of thiol groups is 1. The van der Waals surface area contributed by atoms with Gasteiger partial charge < -0.3 is 22.3 Å². The molecule has 0 saturated carbocycles. The molecule has 20 heavy (non-hydrogen) atoms. The molecule has 0 radical (unpaired) electrons. The summed E-state index contributed by atoms with van der Waals surface area (Å²) in [5, 5.41) is 7.74. The Hall–Kier alpha value is -1.03. The van der Waals surface area contributed by atoms with Crippen LogP contribution in [-0.4, -0.2) is 12.3 Å². The van der Waals surface area contributed by atoms with E-state index in [4.69, 9.17) is 0 Å². The Bertz CT molecular complexity index is 657. The van der Waals surface area contributed by atoms with Gasteiger partial charge in [-0.25, -0.2) is 0 Å². The number of rotatable bonds is 4. The van der Waals surface area contributed by atoms with Crippen molar-refractivity contribution < 1.29 is 22.3 Å². The maximum Gasteiger partial charge on any atom is 0.102 e. The fraction of sp³-hybridized carbons (Fsp3) is 0.176. The second-order valence-electron chi connectivity index (χ2n) is 4.80. The highest BCUT2D eigenvalue weighted by Crippen LogP contribution is 2.27. The van der Waals surface area contributed by atoms with Crippen LogP contribution in [0.1, 0.15) is 5.56 Å². The fourth-order valence-electron chi connectivity index (χ4n) is 2.67. The minimum absolute atomic E-state index is 0. The first kappa shape index (κ1) is 15.4. The van der Waals surface area contributed by atoms with E-state index in [0.29, 0.717) is 0 Å². The molecule has 104 valence electrons. The van der Waals surface area contributed by atoms with Crippen LogP contribution in [0.25, 0.3) is 21.5 Å². The molecule has 2 N–H and O–H groups in total. The fourth-order valence-corrected chi connectivity index (χ4v) is 2.85. The molecule has 0 atom stereocenters. The van der Waals surface area contributed by atoms with Crippen molar-refractivity contribution in [3.63, 3.8) is 0 Å². The van der Waals surface area contributed by atoms with Crippen molar-refractivity contribution in [1.82, 2.24) is 0 Å². The smallest absolute Gasteiger partial charge is 0.102 e. The zero-order valence-electron chi connectivity index (χ0n) is 11.2. The molecule has 3 heteroatoms. The van der Waals surface area contributed by atoms with Gasteiger partial charge in [0.15, 0.2) is 0 Å². The molecule has 0 unspecified atom stereocenters. The molecule has 0 aliphatic heterocycles. The van der Waals surface area contributed by atoms with E-state index in [1.807, 2.05) is 0 Å². The van der Waals surface area contributed by atoms with Gasteiger partial charge in [-0.05, 0) is 27.6 Å². The molecular weight excluding hydrogens is 330 g/mol. The van der Waals surface area contributed by atoms with Crippen molar-refractivity contribution in [2.24, 2.45) is 0 Å². The number of halogens is 1. The van der Waals surface area contributed by atoms with Crippen molar-refractivity contribution in [3.8, 4) is 0 Å². The molecule has 0 fully saturated rings. The summed E-state index contributed by atoms with van der Waals surface area (Å²) >= 11 is 4.28. The van der Waals surface area contributed by atoms with Gasteiger partial charge in [-0.15, -0.1) is 0 Å². The lowest BCUT2D eigenvalue weighted by Crippen LogP contribution is -3.00. The predicted molar refractivity (Wildman–Crippen MR) is 85.8 cm³/mol. The molecule has 0 bridgehead atoms. The molecule has 0 spiro atoms. The van der Waals surface area contributed by atoms with Crippen molar-refractivity contribution in [1.29, 1.82) is 0 Å². The monoisotopic (exact) mass is 347 g/mol. The van der Waals surface area contributed by atoms with E-state index < -0.39 is 0 Å². The van der Waals surface area contributed by atoms with Crippen LogP contribution in [0.5, 0.6) is 0 Å². The van der Waals surface area contributed by atoms with E-state index >= 15 is 0 Å². The van der Waals surface area contributed by atoms with Crippen molar-refractivity contribution >= 4 is 34.2 Å². The Kier molecular flexibility index (Phi) is 5.46. The Morgan fingerprint density at radius 1 is 0.850 bits per heavy atom. The zero-order chi connectivity index (χ0) is 13.1. The predicted octanol–water partition coefficient (Wildman–Crippen LogP) is -0.00980. The van der Waals surface area contributed by atoms with Gasteiger partial charge in [0.25, 0.3) is 0 Å². The van der Waals surface area contributed by atoms with E-state index in [1.54, 1.807) is 0 Å². The average molecular weight is 348 g/mol. The Morgan fingerprint density at radius 3 is 1.95 bits per heavy atom. The molecule has 1 nitrogen and oxygen atoms in total. The Labute approximate surface area is 135 Å². The summed E-state index contributed by atoms with van der Waals surface area (Å²) in [5.74, 6) is 0.919. The summed E-state index contributed by atoms with van der Waals surface area (Å²) in [6.07, 6.45) is 0. The van der Waals surface area contributed by atoms with Gasteiger partial charge in [-0.3, -0.25) is 0 Å². The van der Waals surface area contributed by atoms with E-state index in [9.17, 15) is 0 Å². The van der Waals surface area contributed by atoms with Gasteiger partial charge in [0.05, 0.1) is 6.54 Å². The molecule has 0 heterocycles. The van der Waals surface area contributed by atoms with E-state index in [-0.39, 0.29) is 17.0 Å². The van der Waals surface area contributed by atoms with Gasteiger partial charge in [0.2, 0.25) is 0 Å². The molecular formula is C17H18BrNS. The highest BCUT2D eigenvalue weighted by Gasteiger charge is 2.08. The average Bonchev–Trinajstić information content (AvgIpc) is 2.46. The van der Waals surface area contributed by atoms with Gasteiger partial charge in [0, 0.05) is 11.3 Å². The van der Waals surface area contributed by atoms with Crippen LogP contribution in [0, 0.1) is 0 Å². The van der Waals surface area contributed by atoms with Gasteiger partial charge in [-0.1, -0.05) is 48.5 Å². The quantitative estimate of drug-likeness (QED) is 0.375. The highest BCUT2D eigenvalue weighted by atomic mass is 79.9. The number of benzene rings is 3. The van der Waals surface area contributed by atoms with Crippen molar-refractivity contribution in [2.45, 2.75) is 6.54 Å². The largest absolute Gasteiger partial charge is 1.00 e. The van der Waals surface area contributed by atoms with E-state index in [0.717, 1.165) is 18.8 Å². The van der Waals surface area contributed by atoms with E-state index in [2.05, 4.69) is 72.5 Å². The minimum atomic E-state index is 0.